The van der Waals surface area contributed by atoms with Crippen molar-refractivity contribution in [1.29, 1.82) is 0 Å². The lowest BCUT2D eigenvalue weighted by Crippen LogP contribution is -2.29. The number of halogens is 2. The molecule has 1 aromatic heterocycles. The molecule has 6 heteroatoms. The SMILES string of the molecule is COC(=O)C(C)CN(C)c1ccnc2c(F)cc(F)cc12. The Bertz CT molecular complexity index is 676. The summed E-state index contributed by atoms with van der Waals surface area (Å²) in [6.07, 6.45) is 1.46. The first-order chi connectivity index (χ1) is 9.93. The average molecular weight is 294 g/mol. The number of fused-ring (bicyclic) bond motifs is 1. The number of esters is 1. The van der Waals surface area contributed by atoms with E-state index in [1.54, 1.807) is 24.9 Å². The molecule has 2 aromatic rings. The number of carbonyl (C=O) groups excluding carboxylic acids is 1. The molecule has 2 rings (SSSR count). The van der Waals surface area contributed by atoms with Crippen LogP contribution in [0.1, 0.15) is 6.92 Å². The predicted octanol–water partition coefficient (Wildman–Crippen LogP) is 2.76. The van der Waals surface area contributed by atoms with Crippen LogP contribution in [-0.2, 0) is 9.53 Å². The number of carbonyl (C=O) groups is 1. The van der Waals surface area contributed by atoms with E-state index in [4.69, 9.17) is 0 Å². The van der Waals surface area contributed by atoms with Gasteiger partial charge in [-0.25, -0.2) is 8.78 Å². The highest BCUT2D eigenvalue weighted by atomic mass is 19.1. The van der Waals surface area contributed by atoms with Crippen molar-refractivity contribution in [3.8, 4) is 0 Å². The van der Waals surface area contributed by atoms with Gasteiger partial charge in [0.25, 0.3) is 0 Å². The van der Waals surface area contributed by atoms with Crippen molar-refractivity contribution in [3.05, 3.63) is 36.0 Å². The number of nitrogens with zero attached hydrogens (tertiary/aromatic N) is 2. The molecule has 0 aliphatic rings. The van der Waals surface area contributed by atoms with Crippen molar-refractivity contribution in [3.63, 3.8) is 0 Å². The maximum absolute atomic E-state index is 13.7. The summed E-state index contributed by atoms with van der Waals surface area (Å²) >= 11 is 0. The highest BCUT2D eigenvalue weighted by molar-refractivity contribution is 5.92. The van der Waals surface area contributed by atoms with Crippen LogP contribution in [0.5, 0.6) is 0 Å². The second-order valence-corrected chi connectivity index (χ2v) is 4.92. The zero-order chi connectivity index (χ0) is 15.6. The summed E-state index contributed by atoms with van der Waals surface area (Å²) in [5, 5.41) is 0.370. The number of methoxy groups -OCH3 is 1. The van der Waals surface area contributed by atoms with Gasteiger partial charge in [0.05, 0.1) is 13.0 Å². The molecule has 1 atom stereocenters. The Hall–Kier alpha value is -2.24. The molecule has 0 amide bonds. The van der Waals surface area contributed by atoms with Crippen molar-refractivity contribution >= 4 is 22.6 Å². The Morgan fingerprint density at radius 2 is 2.14 bits per heavy atom. The maximum atomic E-state index is 13.7. The lowest BCUT2D eigenvalue weighted by Gasteiger charge is -2.23. The van der Waals surface area contributed by atoms with E-state index < -0.39 is 11.6 Å². The van der Waals surface area contributed by atoms with E-state index in [1.165, 1.54) is 19.4 Å². The zero-order valence-corrected chi connectivity index (χ0v) is 12.1. The highest BCUT2D eigenvalue weighted by Crippen LogP contribution is 2.27. The summed E-state index contributed by atoms with van der Waals surface area (Å²) in [6, 6.07) is 3.70. The van der Waals surface area contributed by atoms with Gasteiger partial charge in [-0.3, -0.25) is 9.78 Å². The van der Waals surface area contributed by atoms with E-state index >= 15 is 0 Å². The van der Waals surface area contributed by atoms with Crippen LogP contribution in [-0.4, -0.2) is 31.7 Å². The first-order valence-corrected chi connectivity index (χ1v) is 6.46. The molecular weight excluding hydrogens is 278 g/mol. The van der Waals surface area contributed by atoms with Gasteiger partial charge >= 0.3 is 5.97 Å². The van der Waals surface area contributed by atoms with E-state index in [-0.39, 0.29) is 17.4 Å². The molecule has 0 aliphatic carbocycles. The number of anilines is 1. The molecule has 0 saturated carbocycles. The van der Waals surface area contributed by atoms with Crippen molar-refractivity contribution in [2.45, 2.75) is 6.92 Å². The quantitative estimate of drug-likeness (QED) is 0.813. The normalized spacial score (nSPS) is 12.2. The Morgan fingerprint density at radius 3 is 2.81 bits per heavy atom. The molecular formula is C15H16F2N2O2. The summed E-state index contributed by atoms with van der Waals surface area (Å²) in [6.45, 7) is 2.09. The summed E-state index contributed by atoms with van der Waals surface area (Å²) < 4.78 is 31.8. The largest absolute Gasteiger partial charge is 0.469 e. The van der Waals surface area contributed by atoms with Crippen LogP contribution in [0, 0.1) is 17.6 Å². The molecule has 0 N–H and O–H groups in total. The Morgan fingerprint density at radius 1 is 1.43 bits per heavy atom. The topological polar surface area (TPSA) is 42.4 Å². The van der Waals surface area contributed by atoms with Gasteiger partial charge < -0.3 is 9.64 Å². The number of rotatable bonds is 4. The molecule has 21 heavy (non-hydrogen) atoms. The number of ether oxygens (including phenoxy) is 1. The number of aromatic nitrogens is 1. The van der Waals surface area contributed by atoms with Crippen molar-refractivity contribution in [1.82, 2.24) is 4.98 Å². The first-order valence-electron chi connectivity index (χ1n) is 6.46. The third-order valence-corrected chi connectivity index (χ3v) is 3.30. The monoisotopic (exact) mass is 294 g/mol. The minimum atomic E-state index is -0.707. The van der Waals surface area contributed by atoms with Gasteiger partial charge in [-0.05, 0) is 12.1 Å². The second-order valence-electron chi connectivity index (χ2n) is 4.92. The third-order valence-electron chi connectivity index (χ3n) is 3.30. The van der Waals surface area contributed by atoms with Gasteiger partial charge in [-0.2, -0.15) is 0 Å². The van der Waals surface area contributed by atoms with E-state index in [0.29, 0.717) is 17.6 Å². The van der Waals surface area contributed by atoms with E-state index in [9.17, 15) is 13.6 Å². The molecule has 1 heterocycles. The molecule has 0 radical (unpaired) electrons. The molecule has 0 saturated heterocycles. The molecule has 1 unspecified atom stereocenters. The summed E-state index contributed by atoms with van der Waals surface area (Å²) in [5.41, 5.74) is 0.709. The van der Waals surface area contributed by atoms with E-state index in [2.05, 4.69) is 9.72 Å². The molecule has 0 aliphatic heterocycles. The molecule has 0 spiro atoms. The first kappa shape index (κ1) is 15.2. The van der Waals surface area contributed by atoms with Gasteiger partial charge in [0.15, 0.2) is 5.82 Å². The lowest BCUT2D eigenvalue weighted by molar-refractivity contribution is -0.144. The van der Waals surface area contributed by atoms with Crippen LogP contribution in [0.3, 0.4) is 0 Å². The number of pyridine rings is 1. The van der Waals surface area contributed by atoms with E-state index in [1.807, 2.05) is 0 Å². The van der Waals surface area contributed by atoms with Crippen molar-refractivity contribution in [2.24, 2.45) is 5.92 Å². The number of hydrogen-bond donors (Lipinski definition) is 0. The average Bonchev–Trinajstić information content (AvgIpc) is 2.45. The fourth-order valence-corrected chi connectivity index (χ4v) is 2.28. The minimum Gasteiger partial charge on any atom is -0.469 e. The third kappa shape index (κ3) is 3.09. The second kappa shape index (κ2) is 6.03. The summed E-state index contributed by atoms with van der Waals surface area (Å²) in [4.78, 5) is 17.2. The van der Waals surface area contributed by atoms with Gasteiger partial charge in [0.1, 0.15) is 11.3 Å². The van der Waals surface area contributed by atoms with Crippen LogP contribution in [0.15, 0.2) is 24.4 Å². The molecule has 0 bridgehead atoms. The smallest absolute Gasteiger partial charge is 0.310 e. The minimum absolute atomic E-state index is 0.103. The predicted molar refractivity (Wildman–Crippen MR) is 76.1 cm³/mol. The van der Waals surface area contributed by atoms with Crippen LogP contribution in [0.4, 0.5) is 14.5 Å². The highest BCUT2D eigenvalue weighted by Gasteiger charge is 2.18. The van der Waals surface area contributed by atoms with Gasteiger partial charge in [0.2, 0.25) is 0 Å². The van der Waals surface area contributed by atoms with Gasteiger partial charge in [0, 0.05) is 36.9 Å². The molecule has 1 aromatic carbocycles. The summed E-state index contributed by atoms with van der Waals surface area (Å²) in [7, 11) is 3.07. The van der Waals surface area contributed by atoms with Crippen molar-refractivity contribution < 1.29 is 18.3 Å². The van der Waals surface area contributed by atoms with Crippen LogP contribution < -0.4 is 4.90 Å². The molecule has 4 nitrogen and oxygen atoms in total. The number of benzene rings is 1. The zero-order valence-electron chi connectivity index (χ0n) is 12.1. The van der Waals surface area contributed by atoms with Crippen LogP contribution in [0.25, 0.3) is 10.9 Å². The Balaban J connectivity index is 2.40. The molecule has 112 valence electrons. The van der Waals surface area contributed by atoms with E-state index in [0.717, 1.165) is 6.07 Å². The maximum Gasteiger partial charge on any atom is 0.310 e. The van der Waals surface area contributed by atoms with Crippen LogP contribution in [0.2, 0.25) is 0 Å². The fourth-order valence-electron chi connectivity index (χ4n) is 2.28. The van der Waals surface area contributed by atoms with Gasteiger partial charge in [-0.15, -0.1) is 0 Å². The van der Waals surface area contributed by atoms with Crippen LogP contribution >= 0.6 is 0 Å². The lowest BCUT2D eigenvalue weighted by atomic mass is 10.1. The summed E-state index contributed by atoms with van der Waals surface area (Å²) in [5.74, 6) is -2.07. The standard InChI is InChI=1S/C15H16F2N2O2/c1-9(15(20)21-3)8-19(2)13-4-5-18-14-11(13)6-10(16)7-12(14)17/h4-7,9H,8H2,1-3H3. The molecule has 0 fully saturated rings. The fraction of sp³-hybridized carbons (Fsp3) is 0.333. The Labute approximate surface area is 121 Å². The number of hydrogen-bond acceptors (Lipinski definition) is 4. The van der Waals surface area contributed by atoms with Crippen molar-refractivity contribution in [2.75, 3.05) is 25.6 Å². The van der Waals surface area contributed by atoms with Gasteiger partial charge in [-0.1, -0.05) is 6.92 Å². The Kier molecular flexibility index (Phi) is 4.35.